The summed E-state index contributed by atoms with van der Waals surface area (Å²) in [5.74, 6) is 1.38. The van der Waals surface area contributed by atoms with Crippen LogP contribution in [0, 0.1) is 6.92 Å². The van der Waals surface area contributed by atoms with E-state index in [2.05, 4.69) is 9.88 Å². The van der Waals surface area contributed by atoms with Gasteiger partial charge in [-0.05, 0) is 57.1 Å². The number of hydrogen-bond acceptors (Lipinski definition) is 4. The maximum atomic E-state index is 13.1. The van der Waals surface area contributed by atoms with Gasteiger partial charge in [-0.1, -0.05) is 30.7 Å². The van der Waals surface area contributed by atoms with E-state index in [9.17, 15) is 4.79 Å². The van der Waals surface area contributed by atoms with Gasteiger partial charge < -0.3 is 4.74 Å². The highest BCUT2D eigenvalue weighted by Gasteiger charge is 2.14. The lowest BCUT2D eigenvalue weighted by Crippen LogP contribution is -2.33. The third-order valence-electron chi connectivity index (χ3n) is 5.16. The first kappa shape index (κ1) is 17.7. The van der Waals surface area contributed by atoms with Crippen LogP contribution in [0.25, 0.3) is 16.6 Å². The molecule has 0 saturated carbocycles. The van der Waals surface area contributed by atoms with E-state index in [1.807, 2.05) is 55.5 Å². The topological polar surface area (TPSA) is 47.4 Å². The summed E-state index contributed by atoms with van der Waals surface area (Å²) in [5.41, 5.74) is 1.40. The maximum absolute atomic E-state index is 13.1. The fourth-order valence-corrected chi connectivity index (χ4v) is 3.76. The lowest BCUT2D eigenvalue weighted by atomic mass is 10.1. The maximum Gasteiger partial charge on any atom is 0.266 e. The van der Waals surface area contributed by atoms with E-state index in [1.165, 1.54) is 19.3 Å². The largest absolute Gasteiger partial charge is 0.490 e. The quantitative estimate of drug-likeness (QED) is 0.695. The molecule has 4 rings (SSSR count). The first-order chi connectivity index (χ1) is 13.2. The van der Waals surface area contributed by atoms with Crippen molar-refractivity contribution in [2.75, 3.05) is 26.2 Å². The van der Waals surface area contributed by atoms with Crippen LogP contribution in [0.5, 0.6) is 5.75 Å². The van der Waals surface area contributed by atoms with Crippen LogP contribution >= 0.6 is 0 Å². The molecule has 0 N–H and O–H groups in total. The van der Waals surface area contributed by atoms with Crippen molar-refractivity contribution in [3.63, 3.8) is 0 Å². The number of para-hydroxylation sites is 3. The highest BCUT2D eigenvalue weighted by Crippen LogP contribution is 2.23. The molecule has 27 heavy (non-hydrogen) atoms. The zero-order valence-electron chi connectivity index (χ0n) is 15.7. The first-order valence-corrected chi connectivity index (χ1v) is 9.67. The third kappa shape index (κ3) is 3.74. The van der Waals surface area contributed by atoms with Crippen LogP contribution in [0.15, 0.2) is 53.3 Å². The van der Waals surface area contributed by atoms with Crippen molar-refractivity contribution in [1.82, 2.24) is 14.5 Å². The number of fused-ring (bicyclic) bond motifs is 1. The Hall–Kier alpha value is -2.66. The molecule has 1 aromatic heterocycles. The predicted octanol–water partition coefficient (Wildman–Crippen LogP) is 3.56. The van der Waals surface area contributed by atoms with Crippen molar-refractivity contribution < 1.29 is 4.74 Å². The molecule has 0 amide bonds. The molecule has 1 saturated heterocycles. The molecule has 5 nitrogen and oxygen atoms in total. The fourth-order valence-electron chi connectivity index (χ4n) is 3.76. The van der Waals surface area contributed by atoms with Crippen molar-refractivity contribution in [2.45, 2.75) is 26.2 Å². The van der Waals surface area contributed by atoms with Crippen molar-refractivity contribution in [2.24, 2.45) is 0 Å². The summed E-state index contributed by atoms with van der Waals surface area (Å²) in [7, 11) is 0. The molecule has 140 valence electrons. The van der Waals surface area contributed by atoms with Gasteiger partial charge in [0.05, 0.1) is 16.6 Å². The van der Waals surface area contributed by atoms with Gasteiger partial charge in [0, 0.05) is 6.54 Å². The molecule has 2 heterocycles. The molecular weight excluding hydrogens is 338 g/mol. The van der Waals surface area contributed by atoms with E-state index < -0.39 is 0 Å². The average Bonchev–Trinajstić information content (AvgIpc) is 2.70. The molecule has 0 spiro atoms. The number of ether oxygens (including phenoxy) is 1. The van der Waals surface area contributed by atoms with E-state index in [-0.39, 0.29) is 5.56 Å². The second kappa shape index (κ2) is 7.92. The van der Waals surface area contributed by atoms with Crippen LogP contribution in [0.1, 0.15) is 25.1 Å². The minimum Gasteiger partial charge on any atom is -0.490 e. The van der Waals surface area contributed by atoms with Gasteiger partial charge in [-0.2, -0.15) is 0 Å². The van der Waals surface area contributed by atoms with E-state index >= 15 is 0 Å². The summed E-state index contributed by atoms with van der Waals surface area (Å²) in [6, 6.07) is 15.2. The second-order valence-corrected chi connectivity index (χ2v) is 7.04. The number of benzene rings is 2. The van der Waals surface area contributed by atoms with Crippen LogP contribution in [-0.4, -0.2) is 40.7 Å². The second-order valence-electron chi connectivity index (χ2n) is 7.04. The summed E-state index contributed by atoms with van der Waals surface area (Å²) in [4.78, 5) is 20.1. The molecule has 5 heteroatoms. The van der Waals surface area contributed by atoms with Gasteiger partial charge in [-0.3, -0.25) is 14.3 Å². The Bertz CT molecular complexity index is 990. The minimum absolute atomic E-state index is 0.0646. The van der Waals surface area contributed by atoms with Gasteiger partial charge in [0.15, 0.2) is 0 Å². The van der Waals surface area contributed by atoms with Crippen molar-refractivity contribution >= 4 is 10.9 Å². The van der Waals surface area contributed by atoms with Gasteiger partial charge in [0.1, 0.15) is 18.2 Å². The zero-order chi connectivity index (χ0) is 18.6. The highest BCUT2D eigenvalue weighted by atomic mass is 16.5. The van der Waals surface area contributed by atoms with E-state index in [0.29, 0.717) is 17.8 Å². The van der Waals surface area contributed by atoms with Crippen LogP contribution < -0.4 is 10.3 Å². The smallest absolute Gasteiger partial charge is 0.266 e. The Morgan fingerprint density at radius 1 is 1.00 bits per heavy atom. The number of aromatic nitrogens is 2. The molecule has 0 bridgehead atoms. The Kier molecular flexibility index (Phi) is 5.21. The van der Waals surface area contributed by atoms with Crippen molar-refractivity contribution in [3.8, 4) is 11.4 Å². The fraction of sp³-hybridized carbons (Fsp3) is 0.364. The van der Waals surface area contributed by atoms with Gasteiger partial charge in [-0.25, -0.2) is 4.98 Å². The zero-order valence-corrected chi connectivity index (χ0v) is 15.7. The molecule has 3 aromatic rings. The lowest BCUT2D eigenvalue weighted by Gasteiger charge is -2.26. The van der Waals surface area contributed by atoms with E-state index in [0.717, 1.165) is 36.6 Å². The van der Waals surface area contributed by atoms with Crippen LogP contribution in [0.3, 0.4) is 0 Å². The number of likely N-dealkylation sites (tertiary alicyclic amines) is 1. The molecule has 0 aliphatic carbocycles. The molecular formula is C22H25N3O2. The average molecular weight is 363 g/mol. The van der Waals surface area contributed by atoms with Gasteiger partial charge in [0.25, 0.3) is 5.56 Å². The minimum atomic E-state index is -0.0646. The highest BCUT2D eigenvalue weighted by molar-refractivity contribution is 5.78. The summed E-state index contributed by atoms with van der Waals surface area (Å²) >= 11 is 0. The Morgan fingerprint density at radius 2 is 1.74 bits per heavy atom. The number of aryl methyl sites for hydroxylation is 1. The van der Waals surface area contributed by atoms with Crippen molar-refractivity contribution in [3.05, 3.63) is 64.7 Å². The standard InChI is InChI=1S/C22H25N3O2/c1-17-23-19-10-4-3-9-18(19)22(26)25(17)20-11-5-6-12-21(20)27-16-15-24-13-7-2-8-14-24/h3-6,9-12H,2,7-8,13-16H2,1H3. The van der Waals surface area contributed by atoms with Crippen molar-refractivity contribution in [1.29, 1.82) is 0 Å². The van der Waals surface area contributed by atoms with Gasteiger partial charge >= 0.3 is 0 Å². The van der Waals surface area contributed by atoms with Crippen LogP contribution in [0.2, 0.25) is 0 Å². The summed E-state index contributed by atoms with van der Waals surface area (Å²) < 4.78 is 7.74. The molecule has 1 aliphatic rings. The SMILES string of the molecule is Cc1nc2ccccc2c(=O)n1-c1ccccc1OCCN1CCCCC1. The van der Waals surface area contributed by atoms with Gasteiger partial charge in [0.2, 0.25) is 0 Å². The number of rotatable bonds is 5. The lowest BCUT2D eigenvalue weighted by molar-refractivity contribution is 0.183. The Labute approximate surface area is 159 Å². The number of hydrogen-bond donors (Lipinski definition) is 0. The molecule has 1 fully saturated rings. The molecule has 0 unspecified atom stereocenters. The van der Waals surface area contributed by atoms with Crippen LogP contribution in [-0.2, 0) is 0 Å². The third-order valence-corrected chi connectivity index (χ3v) is 5.16. The summed E-state index contributed by atoms with van der Waals surface area (Å²) in [5, 5.41) is 0.617. The molecule has 0 radical (unpaired) electrons. The molecule has 2 aromatic carbocycles. The number of piperidine rings is 1. The predicted molar refractivity (Wildman–Crippen MR) is 108 cm³/mol. The monoisotopic (exact) mass is 363 g/mol. The number of nitrogens with zero attached hydrogens (tertiary/aromatic N) is 3. The molecule has 0 atom stereocenters. The van der Waals surface area contributed by atoms with E-state index in [1.54, 1.807) is 4.57 Å². The normalized spacial score (nSPS) is 15.1. The molecule has 1 aliphatic heterocycles. The van der Waals surface area contributed by atoms with E-state index in [4.69, 9.17) is 4.74 Å². The summed E-state index contributed by atoms with van der Waals surface area (Å²) in [6.45, 7) is 5.69. The Morgan fingerprint density at radius 3 is 2.59 bits per heavy atom. The first-order valence-electron chi connectivity index (χ1n) is 9.67. The summed E-state index contributed by atoms with van der Waals surface area (Å²) in [6.07, 6.45) is 3.87. The van der Waals surface area contributed by atoms with Gasteiger partial charge in [-0.15, -0.1) is 0 Å². The van der Waals surface area contributed by atoms with Crippen LogP contribution in [0.4, 0.5) is 0 Å². The Balaban J connectivity index is 1.63.